The number of nitrogens with two attached hydrogens (primary N) is 1. The predicted octanol–water partition coefficient (Wildman–Crippen LogP) is 2.43. The quantitative estimate of drug-likeness (QED) is 0.885. The van der Waals surface area contributed by atoms with Crippen LogP contribution in [-0.4, -0.2) is 31.6 Å². The first-order valence-corrected chi connectivity index (χ1v) is 7.18. The maximum absolute atomic E-state index is 5.87. The summed E-state index contributed by atoms with van der Waals surface area (Å²) in [5.41, 5.74) is 8.99. The van der Waals surface area contributed by atoms with Crippen molar-refractivity contribution in [2.24, 2.45) is 11.1 Å². The molecular formula is C16H26N2O. The lowest BCUT2D eigenvalue weighted by atomic mass is 9.90. The molecule has 0 amide bonds. The zero-order chi connectivity index (χ0) is 13.9. The molecular weight excluding hydrogens is 236 g/mol. The van der Waals surface area contributed by atoms with Crippen LogP contribution in [-0.2, 0) is 13.0 Å². The predicted molar refractivity (Wildman–Crippen MR) is 79.4 cm³/mol. The summed E-state index contributed by atoms with van der Waals surface area (Å²) in [6.45, 7) is 8.57. The summed E-state index contributed by atoms with van der Waals surface area (Å²) < 4.78 is 5.30. The van der Waals surface area contributed by atoms with E-state index in [0.717, 1.165) is 38.3 Å². The Hall–Kier alpha value is -1.06. The third-order valence-electron chi connectivity index (χ3n) is 4.32. The lowest BCUT2D eigenvalue weighted by Gasteiger charge is -2.23. The van der Waals surface area contributed by atoms with E-state index >= 15 is 0 Å². The van der Waals surface area contributed by atoms with Crippen molar-refractivity contribution < 1.29 is 4.74 Å². The molecule has 1 heterocycles. The van der Waals surface area contributed by atoms with Gasteiger partial charge in [0.2, 0.25) is 0 Å². The minimum Gasteiger partial charge on any atom is -0.497 e. The van der Waals surface area contributed by atoms with E-state index in [9.17, 15) is 0 Å². The number of methoxy groups -OCH3 is 1. The fourth-order valence-electron chi connectivity index (χ4n) is 2.88. The molecule has 1 aliphatic heterocycles. The number of ether oxygens (including phenoxy) is 1. The summed E-state index contributed by atoms with van der Waals surface area (Å²) in [5, 5.41) is 0. The largest absolute Gasteiger partial charge is 0.497 e. The molecule has 0 aromatic heterocycles. The fourth-order valence-corrected chi connectivity index (χ4v) is 2.88. The van der Waals surface area contributed by atoms with Crippen molar-refractivity contribution in [1.82, 2.24) is 4.90 Å². The molecule has 0 spiro atoms. The van der Waals surface area contributed by atoms with Crippen LogP contribution in [0.4, 0.5) is 0 Å². The Kier molecular flexibility index (Phi) is 4.48. The Morgan fingerprint density at radius 2 is 2.16 bits per heavy atom. The highest BCUT2D eigenvalue weighted by Gasteiger charge is 2.32. The van der Waals surface area contributed by atoms with Crippen molar-refractivity contribution in [3.05, 3.63) is 29.3 Å². The highest BCUT2D eigenvalue weighted by molar-refractivity contribution is 5.35. The van der Waals surface area contributed by atoms with Crippen LogP contribution in [0, 0.1) is 5.41 Å². The summed E-state index contributed by atoms with van der Waals surface area (Å²) in [6, 6.07) is 6.43. The molecule has 19 heavy (non-hydrogen) atoms. The fraction of sp³-hybridized carbons (Fsp3) is 0.625. The number of hydrogen-bond acceptors (Lipinski definition) is 3. The van der Waals surface area contributed by atoms with Gasteiger partial charge in [0, 0.05) is 13.1 Å². The Bertz CT molecular complexity index is 433. The number of aryl methyl sites for hydroxylation is 1. The molecule has 3 heteroatoms. The van der Waals surface area contributed by atoms with Crippen LogP contribution >= 0.6 is 0 Å². The smallest absolute Gasteiger partial charge is 0.119 e. The molecule has 3 nitrogen and oxygen atoms in total. The van der Waals surface area contributed by atoms with Gasteiger partial charge in [-0.1, -0.05) is 19.9 Å². The van der Waals surface area contributed by atoms with E-state index < -0.39 is 0 Å². The van der Waals surface area contributed by atoms with Gasteiger partial charge in [-0.2, -0.15) is 0 Å². The minimum atomic E-state index is 0.304. The lowest BCUT2D eigenvalue weighted by molar-refractivity contribution is 0.274. The Morgan fingerprint density at radius 3 is 2.74 bits per heavy atom. The summed E-state index contributed by atoms with van der Waals surface area (Å²) in [7, 11) is 1.72. The zero-order valence-corrected chi connectivity index (χ0v) is 12.4. The molecule has 0 bridgehead atoms. The van der Waals surface area contributed by atoms with Crippen LogP contribution in [0.3, 0.4) is 0 Å². The molecule has 1 aromatic rings. The Labute approximate surface area is 116 Å². The van der Waals surface area contributed by atoms with E-state index in [1.54, 1.807) is 7.11 Å². The SMILES string of the molecule is CCc1cc(OC)ccc1CN1CCC(C)(CN)C1. The molecule has 0 aliphatic carbocycles. The molecule has 1 unspecified atom stereocenters. The Balaban J connectivity index is 2.07. The summed E-state index contributed by atoms with van der Waals surface area (Å²) in [5.74, 6) is 0.953. The van der Waals surface area contributed by atoms with E-state index in [1.165, 1.54) is 17.5 Å². The van der Waals surface area contributed by atoms with Crippen molar-refractivity contribution in [3.8, 4) is 5.75 Å². The van der Waals surface area contributed by atoms with Crippen molar-refractivity contribution in [1.29, 1.82) is 0 Å². The second kappa shape index (κ2) is 5.93. The van der Waals surface area contributed by atoms with Crippen LogP contribution < -0.4 is 10.5 Å². The topological polar surface area (TPSA) is 38.5 Å². The van der Waals surface area contributed by atoms with E-state index in [2.05, 4.69) is 36.9 Å². The third-order valence-corrected chi connectivity index (χ3v) is 4.32. The van der Waals surface area contributed by atoms with Crippen LogP contribution in [0.15, 0.2) is 18.2 Å². The maximum Gasteiger partial charge on any atom is 0.119 e. The molecule has 1 fully saturated rings. The molecule has 2 N–H and O–H groups in total. The first-order valence-electron chi connectivity index (χ1n) is 7.18. The van der Waals surface area contributed by atoms with Gasteiger partial charge in [0.05, 0.1) is 7.11 Å². The van der Waals surface area contributed by atoms with Crippen LogP contribution in [0.1, 0.15) is 31.4 Å². The van der Waals surface area contributed by atoms with Gasteiger partial charge in [0.1, 0.15) is 5.75 Å². The average Bonchev–Trinajstić information content (AvgIpc) is 2.81. The third kappa shape index (κ3) is 3.28. The molecule has 1 atom stereocenters. The van der Waals surface area contributed by atoms with Gasteiger partial charge in [-0.25, -0.2) is 0 Å². The normalized spacial score (nSPS) is 23.8. The summed E-state index contributed by atoms with van der Waals surface area (Å²) >= 11 is 0. The maximum atomic E-state index is 5.87. The van der Waals surface area contributed by atoms with Gasteiger partial charge >= 0.3 is 0 Å². The van der Waals surface area contributed by atoms with Crippen molar-refractivity contribution in [3.63, 3.8) is 0 Å². The van der Waals surface area contributed by atoms with Gasteiger partial charge in [-0.15, -0.1) is 0 Å². The number of nitrogens with zero attached hydrogens (tertiary/aromatic N) is 1. The van der Waals surface area contributed by atoms with E-state index in [4.69, 9.17) is 10.5 Å². The van der Waals surface area contributed by atoms with Crippen LogP contribution in [0.2, 0.25) is 0 Å². The van der Waals surface area contributed by atoms with Gasteiger partial charge in [0.25, 0.3) is 0 Å². The standard InChI is InChI=1S/C16H26N2O/c1-4-13-9-15(19-3)6-5-14(13)10-18-8-7-16(2,11-17)12-18/h5-6,9H,4,7-8,10-12,17H2,1-3H3. The first kappa shape index (κ1) is 14.4. The lowest BCUT2D eigenvalue weighted by Crippen LogP contribution is -2.31. The van der Waals surface area contributed by atoms with Crippen molar-refractivity contribution in [2.75, 3.05) is 26.7 Å². The van der Waals surface area contributed by atoms with E-state index in [1.807, 2.05) is 0 Å². The van der Waals surface area contributed by atoms with Gasteiger partial charge in [-0.05, 0) is 54.6 Å². The number of benzene rings is 1. The molecule has 106 valence electrons. The molecule has 1 saturated heterocycles. The van der Waals surface area contributed by atoms with Crippen molar-refractivity contribution >= 4 is 0 Å². The summed E-state index contributed by atoms with van der Waals surface area (Å²) in [6.07, 6.45) is 2.26. The monoisotopic (exact) mass is 262 g/mol. The van der Waals surface area contributed by atoms with Crippen LogP contribution in [0.5, 0.6) is 5.75 Å². The molecule has 0 saturated carbocycles. The average molecular weight is 262 g/mol. The van der Waals surface area contributed by atoms with Gasteiger partial charge in [-0.3, -0.25) is 4.90 Å². The van der Waals surface area contributed by atoms with Gasteiger partial charge < -0.3 is 10.5 Å². The second-order valence-electron chi connectivity index (χ2n) is 5.96. The van der Waals surface area contributed by atoms with Crippen LogP contribution in [0.25, 0.3) is 0 Å². The van der Waals surface area contributed by atoms with E-state index in [-0.39, 0.29) is 0 Å². The van der Waals surface area contributed by atoms with Gasteiger partial charge in [0.15, 0.2) is 0 Å². The summed E-state index contributed by atoms with van der Waals surface area (Å²) in [4.78, 5) is 2.52. The first-order chi connectivity index (χ1) is 9.10. The molecule has 2 rings (SSSR count). The zero-order valence-electron chi connectivity index (χ0n) is 12.4. The molecule has 1 aromatic carbocycles. The number of hydrogen-bond donors (Lipinski definition) is 1. The Morgan fingerprint density at radius 1 is 1.37 bits per heavy atom. The number of likely N-dealkylation sites (tertiary alicyclic amines) is 1. The highest BCUT2D eigenvalue weighted by atomic mass is 16.5. The molecule has 1 aliphatic rings. The highest BCUT2D eigenvalue weighted by Crippen LogP contribution is 2.30. The second-order valence-corrected chi connectivity index (χ2v) is 5.96. The van der Waals surface area contributed by atoms with E-state index in [0.29, 0.717) is 5.41 Å². The van der Waals surface area contributed by atoms with Crippen molar-refractivity contribution in [2.45, 2.75) is 33.2 Å². The minimum absolute atomic E-state index is 0.304. The number of rotatable bonds is 5. The molecule has 0 radical (unpaired) electrons.